The van der Waals surface area contributed by atoms with Gasteiger partial charge in [0.05, 0.1) is 23.8 Å². The van der Waals surface area contributed by atoms with Crippen LogP contribution in [0.4, 0.5) is 0 Å². The molecule has 0 aliphatic heterocycles. The van der Waals surface area contributed by atoms with Gasteiger partial charge in [-0.05, 0) is 76.4 Å². The van der Waals surface area contributed by atoms with Crippen LogP contribution >= 0.6 is 15.9 Å². The van der Waals surface area contributed by atoms with E-state index in [1.54, 1.807) is 0 Å². The van der Waals surface area contributed by atoms with E-state index in [0.29, 0.717) is 12.1 Å². The van der Waals surface area contributed by atoms with Crippen molar-refractivity contribution >= 4 is 32.7 Å². The van der Waals surface area contributed by atoms with Crippen LogP contribution in [0.2, 0.25) is 0 Å². The Morgan fingerprint density at radius 1 is 0.902 bits per heavy atom. The van der Waals surface area contributed by atoms with E-state index in [4.69, 9.17) is 5.10 Å². The van der Waals surface area contributed by atoms with Crippen LogP contribution in [-0.4, -0.2) is 15.7 Å². The van der Waals surface area contributed by atoms with Gasteiger partial charge in [0.2, 0.25) is 0 Å². The molecule has 5 rings (SSSR count). The number of rotatable bonds is 7. The lowest BCUT2D eigenvalue weighted by Crippen LogP contribution is -2.26. The van der Waals surface area contributed by atoms with E-state index < -0.39 is 0 Å². The number of benzene rings is 4. The smallest absolute Gasteiger partial charge is 0.251 e. The largest absolute Gasteiger partial charge is 0.346 e. The zero-order valence-electron chi connectivity index (χ0n) is 24.7. The summed E-state index contributed by atoms with van der Waals surface area (Å²) in [5.41, 5.74) is 8.85. The zero-order valence-corrected chi connectivity index (χ0v) is 26.3. The molecule has 1 amide bonds. The van der Waals surface area contributed by atoms with Gasteiger partial charge in [-0.3, -0.25) is 9.48 Å². The van der Waals surface area contributed by atoms with Gasteiger partial charge in [-0.15, -0.1) is 0 Å². The quantitative estimate of drug-likeness (QED) is 0.200. The Morgan fingerprint density at radius 3 is 2.24 bits per heavy atom. The van der Waals surface area contributed by atoms with Crippen molar-refractivity contribution in [3.05, 3.63) is 123 Å². The van der Waals surface area contributed by atoms with Crippen LogP contribution in [0.3, 0.4) is 0 Å². The van der Waals surface area contributed by atoms with E-state index in [2.05, 4.69) is 109 Å². The first-order valence-corrected chi connectivity index (χ1v) is 15.1. The standard InChI is InChI=1S/C36H38BrN3O/c1-23(2)34-31-21-28(35(41)38-24(3)26-15-18-29(37)19-16-26)17-20-33(31)40(39-34)22-25-11-13-27(14-12-25)30-9-7-8-10-32(30)36(4,5)6/h7-21,23-24H,22H2,1-6H3,(H,38,41)/t24-/m0/s1. The first-order valence-electron chi connectivity index (χ1n) is 14.3. The monoisotopic (exact) mass is 607 g/mol. The molecule has 0 unspecified atom stereocenters. The van der Waals surface area contributed by atoms with Crippen LogP contribution in [0.1, 0.15) is 86.2 Å². The second kappa shape index (κ2) is 11.7. The van der Waals surface area contributed by atoms with E-state index in [1.807, 2.05) is 49.4 Å². The second-order valence-electron chi connectivity index (χ2n) is 12.2. The fraction of sp³-hybridized carbons (Fsp3) is 0.278. The number of hydrogen-bond acceptors (Lipinski definition) is 2. The summed E-state index contributed by atoms with van der Waals surface area (Å²) >= 11 is 3.47. The SMILES string of the molecule is CC(C)c1nn(Cc2ccc(-c3ccccc3C(C)(C)C)cc2)c2ccc(C(=O)N[C@@H](C)c3ccc(Br)cc3)cc12. The molecular formula is C36H38BrN3O. The molecule has 0 aliphatic rings. The molecule has 1 atom stereocenters. The van der Waals surface area contributed by atoms with Crippen molar-refractivity contribution in [1.82, 2.24) is 15.1 Å². The molecule has 41 heavy (non-hydrogen) atoms. The Morgan fingerprint density at radius 2 is 1.59 bits per heavy atom. The van der Waals surface area contributed by atoms with E-state index in [-0.39, 0.29) is 23.3 Å². The number of carbonyl (C=O) groups excluding carboxylic acids is 1. The maximum Gasteiger partial charge on any atom is 0.251 e. The third kappa shape index (κ3) is 6.31. The molecule has 5 aromatic rings. The number of halogens is 1. The number of aromatic nitrogens is 2. The number of hydrogen-bond donors (Lipinski definition) is 1. The minimum Gasteiger partial charge on any atom is -0.346 e. The minimum absolute atomic E-state index is 0.0727. The molecule has 4 aromatic carbocycles. The topological polar surface area (TPSA) is 46.9 Å². The van der Waals surface area contributed by atoms with Crippen molar-refractivity contribution in [2.24, 2.45) is 0 Å². The van der Waals surface area contributed by atoms with Crippen LogP contribution in [0.5, 0.6) is 0 Å². The lowest BCUT2D eigenvalue weighted by atomic mass is 9.82. The van der Waals surface area contributed by atoms with Crippen molar-refractivity contribution in [2.75, 3.05) is 0 Å². The van der Waals surface area contributed by atoms with Gasteiger partial charge in [0.25, 0.3) is 5.91 Å². The maximum absolute atomic E-state index is 13.2. The molecule has 0 saturated carbocycles. The van der Waals surface area contributed by atoms with Crippen LogP contribution in [0, 0.1) is 0 Å². The predicted molar refractivity (Wildman–Crippen MR) is 174 cm³/mol. The van der Waals surface area contributed by atoms with Crippen molar-refractivity contribution in [3.8, 4) is 11.1 Å². The number of amides is 1. The van der Waals surface area contributed by atoms with Gasteiger partial charge in [-0.1, -0.05) is 111 Å². The Labute approximate surface area is 251 Å². The van der Waals surface area contributed by atoms with E-state index >= 15 is 0 Å². The molecule has 0 bridgehead atoms. The summed E-state index contributed by atoms with van der Waals surface area (Å²) in [6.45, 7) is 13.7. The Bertz CT molecular complexity index is 1680. The van der Waals surface area contributed by atoms with Crippen LogP contribution in [0.25, 0.3) is 22.0 Å². The van der Waals surface area contributed by atoms with Gasteiger partial charge < -0.3 is 5.32 Å². The van der Waals surface area contributed by atoms with Crippen molar-refractivity contribution in [1.29, 1.82) is 0 Å². The minimum atomic E-state index is -0.100. The van der Waals surface area contributed by atoms with Gasteiger partial charge in [-0.25, -0.2) is 0 Å². The summed E-state index contributed by atoms with van der Waals surface area (Å²) in [7, 11) is 0. The molecular weight excluding hydrogens is 570 g/mol. The van der Waals surface area contributed by atoms with Crippen molar-refractivity contribution in [3.63, 3.8) is 0 Å². The van der Waals surface area contributed by atoms with Gasteiger partial charge in [0, 0.05) is 15.4 Å². The highest BCUT2D eigenvalue weighted by Crippen LogP contribution is 2.33. The molecule has 210 valence electrons. The predicted octanol–water partition coefficient (Wildman–Crippen LogP) is 9.43. The highest BCUT2D eigenvalue weighted by molar-refractivity contribution is 9.10. The number of nitrogens with one attached hydrogen (secondary N) is 1. The molecule has 0 spiro atoms. The number of fused-ring (bicyclic) bond motifs is 1. The zero-order chi connectivity index (χ0) is 29.3. The summed E-state index contributed by atoms with van der Waals surface area (Å²) in [6, 6.07) is 31.3. The first-order chi connectivity index (χ1) is 19.5. The molecule has 4 nitrogen and oxygen atoms in total. The fourth-order valence-electron chi connectivity index (χ4n) is 5.36. The maximum atomic E-state index is 13.2. The van der Waals surface area contributed by atoms with Gasteiger partial charge in [0.15, 0.2) is 0 Å². The molecule has 0 aliphatic carbocycles. The molecule has 5 heteroatoms. The molecule has 0 radical (unpaired) electrons. The summed E-state index contributed by atoms with van der Waals surface area (Å²) in [5.74, 6) is 0.144. The number of nitrogens with zero attached hydrogens (tertiary/aromatic N) is 2. The lowest BCUT2D eigenvalue weighted by Gasteiger charge is -2.23. The van der Waals surface area contributed by atoms with Gasteiger partial charge >= 0.3 is 0 Å². The Hall–Kier alpha value is -3.70. The van der Waals surface area contributed by atoms with E-state index in [9.17, 15) is 4.79 Å². The highest BCUT2D eigenvalue weighted by Gasteiger charge is 2.19. The van der Waals surface area contributed by atoms with Crippen LogP contribution in [0.15, 0.2) is 95.5 Å². The van der Waals surface area contributed by atoms with Crippen molar-refractivity contribution in [2.45, 2.75) is 65.5 Å². The van der Waals surface area contributed by atoms with E-state index in [0.717, 1.165) is 26.6 Å². The summed E-state index contributed by atoms with van der Waals surface area (Å²) in [5, 5.41) is 9.18. The lowest BCUT2D eigenvalue weighted by molar-refractivity contribution is 0.0940. The molecule has 0 fully saturated rings. The normalized spacial score (nSPS) is 12.6. The molecule has 1 heterocycles. The van der Waals surface area contributed by atoms with E-state index in [1.165, 1.54) is 22.3 Å². The third-order valence-electron chi connectivity index (χ3n) is 7.64. The average molecular weight is 609 g/mol. The Balaban J connectivity index is 1.40. The Kier molecular flexibility index (Phi) is 8.19. The summed E-state index contributed by atoms with van der Waals surface area (Å²) < 4.78 is 3.08. The molecule has 0 saturated heterocycles. The average Bonchev–Trinajstić information content (AvgIpc) is 3.31. The highest BCUT2D eigenvalue weighted by atomic mass is 79.9. The van der Waals surface area contributed by atoms with Crippen molar-refractivity contribution < 1.29 is 4.79 Å². The molecule has 1 aromatic heterocycles. The first kappa shape index (κ1) is 28.8. The van der Waals surface area contributed by atoms with Crippen LogP contribution < -0.4 is 5.32 Å². The second-order valence-corrected chi connectivity index (χ2v) is 13.1. The fourth-order valence-corrected chi connectivity index (χ4v) is 5.62. The summed E-state index contributed by atoms with van der Waals surface area (Å²) in [4.78, 5) is 13.2. The summed E-state index contributed by atoms with van der Waals surface area (Å²) in [6.07, 6.45) is 0. The third-order valence-corrected chi connectivity index (χ3v) is 8.17. The molecule has 1 N–H and O–H groups in total. The van der Waals surface area contributed by atoms with Crippen LogP contribution in [-0.2, 0) is 12.0 Å². The number of carbonyl (C=O) groups is 1. The van der Waals surface area contributed by atoms with Gasteiger partial charge in [0.1, 0.15) is 0 Å². The van der Waals surface area contributed by atoms with Gasteiger partial charge in [-0.2, -0.15) is 5.10 Å².